The molecule has 1 amide bonds. The van der Waals surface area contributed by atoms with Crippen molar-refractivity contribution in [1.82, 2.24) is 5.32 Å². The Kier molecular flexibility index (Phi) is 9.30. The number of hydrogen-bond acceptors (Lipinski definition) is 2. The molecular weight excluding hydrogens is 202 g/mol. The van der Waals surface area contributed by atoms with Gasteiger partial charge in [0, 0.05) is 13.0 Å². The van der Waals surface area contributed by atoms with Gasteiger partial charge in [0.25, 0.3) is 0 Å². The normalized spacial score (nSPS) is 12.8. The smallest absolute Gasteiger partial charge is 0.220 e. The lowest BCUT2D eigenvalue weighted by atomic mass is 10.1. The first-order chi connectivity index (χ1) is 7.57. The van der Waals surface area contributed by atoms with Crippen molar-refractivity contribution in [2.24, 2.45) is 5.92 Å². The third-order valence-corrected chi connectivity index (χ3v) is 2.79. The number of carbonyl (C=O) groups is 1. The van der Waals surface area contributed by atoms with Crippen LogP contribution in [-0.2, 0) is 4.79 Å². The molecule has 0 aliphatic heterocycles. The van der Waals surface area contributed by atoms with E-state index in [0.717, 1.165) is 12.8 Å². The first-order valence-corrected chi connectivity index (χ1v) is 6.52. The van der Waals surface area contributed by atoms with Gasteiger partial charge in [-0.15, -0.1) is 0 Å². The summed E-state index contributed by atoms with van der Waals surface area (Å²) in [7, 11) is 0. The van der Waals surface area contributed by atoms with E-state index in [1.807, 2.05) is 13.8 Å². The number of unbranched alkanes of at least 4 members (excludes halogenated alkanes) is 4. The van der Waals surface area contributed by atoms with Gasteiger partial charge in [-0.05, 0) is 12.3 Å². The predicted octanol–water partition coefficient (Wildman–Crippen LogP) is 2.48. The van der Waals surface area contributed by atoms with Gasteiger partial charge in [0.15, 0.2) is 0 Å². The molecule has 0 aromatic rings. The Balaban J connectivity index is 3.38. The monoisotopic (exact) mass is 229 g/mol. The van der Waals surface area contributed by atoms with Crippen molar-refractivity contribution in [3.8, 4) is 0 Å². The first kappa shape index (κ1) is 15.4. The summed E-state index contributed by atoms with van der Waals surface area (Å²) in [6, 6.07) is 0. The van der Waals surface area contributed by atoms with Gasteiger partial charge in [-0.25, -0.2) is 0 Å². The number of rotatable bonds is 9. The Morgan fingerprint density at radius 2 is 1.81 bits per heavy atom. The minimum absolute atomic E-state index is 0.0659. The summed E-state index contributed by atoms with van der Waals surface area (Å²) in [5.74, 6) is 0.265. The number of aliphatic hydroxyl groups is 1. The number of aliphatic hydroxyl groups excluding tert-OH is 1. The molecule has 3 heteroatoms. The summed E-state index contributed by atoms with van der Waals surface area (Å²) in [5.41, 5.74) is 0. The summed E-state index contributed by atoms with van der Waals surface area (Å²) < 4.78 is 0. The Morgan fingerprint density at radius 3 is 2.38 bits per heavy atom. The molecule has 0 spiro atoms. The van der Waals surface area contributed by atoms with E-state index in [-0.39, 0.29) is 11.8 Å². The standard InChI is InChI=1S/C13H27NO2/c1-4-5-6-7-8-9-13(16)14-10-12(15)11(2)3/h11-12,15H,4-10H2,1-3H3,(H,14,16). The van der Waals surface area contributed by atoms with Gasteiger partial charge >= 0.3 is 0 Å². The lowest BCUT2D eigenvalue weighted by molar-refractivity contribution is -0.121. The summed E-state index contributed by atoms with van der Waals surface area (Å²) >= 11 is 0. The summed E-state index contributed by atoms with van der Waals surface area (Å²) in [5, 5.41) is 12.3. The first-order valence-electron chi connectivity index (χ1n) is 6.52. The van der Waals surface area contributed by atoms with Gasteiger partial charge in [-0.3, -0.25) is 4.79 Å². The number of amides is 1. The minimum atomic E-state index is -0.427. The second-order valence-electron chi connectivity index (χ2n) is 4.78. The van der Waals surface area contributed by atoms with Crippen molar-refractivity contribution in [2.75, 3.05) is 6.54 Å². The fourth-order valence-corrected chi connectivity index (χ4v) is 1.43. The molecule has 16 heavy (non-hydrogen) atoms. The second-order valence-corrected chi connectivity index (χ2v) is 4.78. The molecule has 3 nitrogen and oxygen atoms in total. The van der Waals surface area contributed by atoms with Crippen LogP contribution in [0.5, 0.6) is 0 Å². The van der Waals surface area contributed by atoms with Crippen molar-refractivity contribution in [3.05, 3.63) is 0 Å². The van der Waals surface area contributed by atoms with Crippen LogP contribution in [0.2, 0.25) is 0 Å². The number of hydrogen-bond donors (Lipinski definition) is 2. The van der Waals surface area contributed by atoms with Crippen LogP contribution in [0.3, 0.4) is 0 Å². The van der Waals surface area contributed by atoms with E-state index in [9.17, 15) is 9.90 Å². The van der Waals surface area contributed by atoms with Gasteiger partial charge < -0.3 is 10.4 Å². The Bertz CT molecular complexity index is 181. The van der Waals surface area contributed by atoms with E-state index in [1.165, 1.54) is 19.3 Å². The molecule has 1 unspecified atom stereocenters. The lowest BCUT2D eigenvalue weighted by Gasteiger charge is -2.14. The largest absolute Gasteiger partial charge is 0.391 e. The van der Waals surface area contributed by atoms with E-state index < -0.39 is 6.10 Å². The van der Waals surface area contributed by atoms with Gasteiger partial charge in [-0.1, -0.05) is 46.5 Å². The van der Waals surface area contributed by atoms with E-state index in [4.69, 9.17) is 0 Å². The fourth-order valence-electron chi connectivity index (χ4n) is 1.43. The van der Waals surface area contributed by atoms with Crippen LogP contribution in [0, 0.1) is 5.92 Å². The molecular formula is C13H27NO2. The highest BCUT2D eigenvalue weighted by atomic mass is 16.3. The van der Waals surface area contributed by atoms with Crippen LogP contribution in [0.15, 0.2) is 0 Å². The van der Waals surface area contributed by atoms with Crippen LogP contribution in [0.1, 0.15) is 59.3 Å². The average molecular weight is 229 g/mol. The summed E-state index contributed by atoms with van der Waals surface area (Å²) in [6.45, 7) is 6.45. The average Bonchev–Trinajstić information content (AvgIpc) is 2.25. The van der Waals surface area contributed by atoms with Gasteiger partial charge in [0.1, 0.15) is 0 Å². The maximum absolute atomic E-state index is 11.4. The van der Waals surface area contributed by atoms with Crippen LogP contribution < -0.4 is 5.32 Å². The molecule has 0 bridgehead atoms. The summed E-state index contributed by atoms with van der Waals surface area (Å²) in [4.78, 5) is 11.4. The zero-order valence-electron chi connectivity index (χ0n) is 11.0. The SMILES string of the molecule is CCCCCCCC(=O)NCC(O)C(C)C. The molecule has 0 aliphatic rings. The highest BCUT2D eigenvalue weighted by Gasteiger charge is 2.10. The van der Waals surface area contributed by atoms with E-state index in [2.05, 4.69) is 12.2 Å². The predicted molar refractivity (Wildman–Crippen MR) is 67.2 cm³/mol. The molecule has 0 aliphatic carbocycles. The summed E-state index contributed by atoms with van der Waals surface area (Å²) in [6.07, 6.45) is 5.97. The molecule has 96 valence electrons. The van der Waals surface area contributed by atoms with E-state index in [0.29, 0.717) is 13.0 Å². The highest BCUT2D eigenvalue weighted by molar-refractivity contribution is 5.75. The zero-order valence-corrected chi connectivity index (χ0v) is 11.0. The topological polar surface area (TPSA) is 49.3 Å². The van der Waals surface area contributed by atoms with Crippen LogP contribution >= 0.6 is 0 Å². The van der Waals surface area contributed by atoms with Crippen molar-refractivity contribution >= 4 is 5.91 Å². The van der Waals surface area contributed by atoms with Crippen molar-refractivity contribution in [1.29, 1.82) is 0 Å². The molecule has 0 radical (unpaired) electrons. The highest BCUT2D eigenvalue weighted by Crippen LogP contribution is 2.05. The number of carbonyl (C=O) groups excluding carboxylic acids is 1. The van der Waals surface area contributed by atoms with Crippen molar-refractivity contribution in [2.45, 2.75) is 65.4 Å². The maximum atomic E-state index is 11.4. The molecule has 0 aromatic heterocycles. The fraction of sp³-hybridized carbons (Fsp3) is 0.923. The Labute approximate surface area is 99.6 Å². The molecule has 0 fully saturated rings. The Hall–Kier alpha value is -0.570. The minimum Gasteiger partial charge on any atom is -0.391 e. The Morgan fingerprint density at radius 1 is 1.19 bits per heavy atom. The molecule has 0 rings (SSSR count). The molecule has 1 atom stereocenters. The van der Waals surface area contributed by atoms with E-state index >= 15 is 0 Å². The molecule has 0 heterocycles. The van der Waals surface area contributed by atoms with Crippen LogP contribution in [0.25, 0.3) is 0 Å². The lowest BCUT2D eigenvalue weighted by Crippen LogP contribution is -2.34. The molecule has 0 saturated carbocycles. The third-order valence-electron chi connectivity index (χ3n) is 2.79. The molecule has 0 saturated heterocycles. The van der Waals surface area contributed by atoms with Crippen LogP contribution in [0.4, 0.5) is 0 Å². The van der Waals surface area contributed by atoms with Crippen LogP contribution in [-0.4, -0.2) is 23.7 Å². The number of nitrogens with one attached hydrogen (secondary N) is 1. The van der Waals surface area contributed by atoms with Gasteiger partial charge in [0.2, 0.25) is 5.91 Å². The zero-order chi connectivity index (χ0) is 12.4. The van der Waals surface area contributed by atoms with Crippen molar-refractivity contribution < 1.29 is 9.90 Å². The quantitative estimate of drug-likeness (QED) is 0.597. The van der Waals surface area contributed by atoms with Gasteiger partial charge in [-0.2, -0.15) is 0 Å². The third kappa shape index (κ3) is 8.72. The van der Waals surface area contributed by atoms with Gasteiger partial charge in [0.05, 0.1) is 6.10 Å². The molecule has 2 N–H and O–H groups in total. The second kappa shape index (κ2) is 9.64. The van der Waals surface area contributed by atoms with E-state index in [1.54, 1.807) is 0 Å². The van der Waals surface area contributed by atoms with Crippen molar-refractivity contribution in [3.63, 3.8) is 0 Å². The molecule has 0 aromatic carbocycles. The maximum Gasteiger partial charge on any atom is 0.220 e.